The van der Waals surface area contributed by atoms with Crippen molar-refractivity contribution in [2.45, 2.75) is 64.6 Å². The standard InChI is InChI=1S/C13H25NO/c1-5-11-8-10-6-7-15-9-12(10)14(11)13(2,3)4/h10-12H,5-9H2,1-4H3. The molecular weight excluding hydrogens is 186 g/mol. The Hall–Kier alpha value is -0.0800. The van der Waals surface area contributed by atoms with Gasteiger partial charge in [-0.05, 0) is 46.0 Å². The summed E-state index contributed by atoms with van der Waals surface area (Å²) in [6, 6.07) is 1.46. The van der Waals surface area contributed by atoms with Crippen LogP contribution in [-0.4, -0.2) is 35.7 Å². The molecule has 0 spiro atoms. The van der Waals surface area contributed by atoms with E-state index in [0.29, 0.717) is 11.6 Å². The third-order valence-corrected chi connectivity index (χ3v) is 4.04. The van der Waals surface area contributed by atoms with Gasteiger partial charge in [0.05, 0.1) is 6.61 Å². The summed E-state index contributed by atoms with van der Waals surface area (Å²) in [5, 5.41) is 0. The van der Waals surface area contributed by atoms with Gasteiger partial charge in [-0.1, -0.05) is 6.92 Å². The normalized spacial score (nSPS) is 38.0. The second-order valence-electron chi connectivity index (χ2n) is 6.07. The molecule has 2 aliphatic heterocycles. The van der Waals surface area contributed by atoms with E-state index in [1.807, 2.05) is 0 Å². The van der Waals surface area contributed by atoms with Gasteiger partial charge in [-0.2, -0.15) is 0 Å². The zero-order valence-electron chi connectivity index (χ0n) is 10.6. The van der Waals surface area contributed by atoms with E-state index in [2.05, 4.69) is 32.6 Å². The Bertz CT molecular complexity index is 221. The second-order valence-corrected chi connectivity index (χ2v) is 6.07. The minimum Gasteiger partial charge on any atom is -0.380 e. The van der Waals surface area contributed by atoms with Crippen LogP contribution < -0.4 is 0 Å². The summed E-state index contributed by atoms with van der Waals surface area (Å²) in [6.07, 6.45) is 3.94. The molecule has 0 radical (unpaired) electrons. The topological polar surface area (TPSA) is 12.5 Å². The van der Waals surface area contributed by atoms with E-state index in [9.17, 15) is 0 Å². The summed E-state index contributed by atoms with van der Waals surface area (Å²) >= 11 is 0. The smallest absolute Gasteiger partial charge is 0.0624 e. The molecular formula is C13H25NO. The molecule has 2 rings (SSSR count). The number of fused-ring (bicyclic) bond motifs is 1. The lowest BCUT2D eigenvalue weighted by Gasteiger charge is -2.43. The molecule has 3 atom stereocenters. The van der Waals surface area contributed by atoms with Crippen LogP contribution >= 0.6 is 0 Å². The van der Waals surface area contributed by atoms with E-state index in [-0.39, 0.29) is 0 Å². The van der Waals surface area contributed by atoms with Gasteiger partial charge in [0.25, 0.3) is 0 Å². The molecule has 0 aliphatic carbocycles. The Labute approximate surface area is 94.0 Å². The van der Waals surface area contributed by atoms with E-state index in [0.717, 1.165) is 25.2 Å². The van der Waals surface area contributed by atoms with Crippen molar-refractivity contribution in [3.63, 3.8) is 0 Å². The number of ether oxygens (including phenoxy) is 1. The second kappa shape index (κ2) is 4.06. The maximum absolute atomic E-state index is 5.66. The molecule has 0 saturated carbocycles. The van der Waals surface area contributed by atoms with Crippen molar-refractivity contribution in [1.29, 1.82) is 0 Å². The Morgan fingerprint density at radius 3 is 2.67 bits per heavy atom. The molecule has 0 aromatic carbocycles. The fourth-order valence-corrected chi connectivity index (χ4v) is 3.49. The van der Waals surface area contributed by atoms with Crippen LogP contribution in [0.4, 0.5) is 0 Å². The Balaban J connectivity index is 2.17. The van der Waals surface area contributed by atoms with E-state index in [1.54, 1.807) is 0 Å². The maximum atomic E-state index is 5.66. The Morgan fingerprint density at radius 2 is 2.07 bits per heavy atom. The first kappa shape index (κ1) is 11.4. The fourth-order valence-electron chi connectivity index (χ4n) is 3.49. The molecule has 2 nitrogen and oxygen atoms in total. The van der Waals surface area contributed by atoms with Gasteiger partial charge < -0.3 is 4.74 Å². The highest BCUT2D eigenvalue weighted by atomic mass is 16.5. The summed E-state index contributed by atoms with van der Waals surface area (Å²) in [5.74, 6) is 0.892. The van der Waals surface area contributed by atoms with E-state index in [4.69, 9.17) is 4.74 Å². The number of nitrogens with zero attached hydrogens (tertiary/aromatic N) is 1. The first-order chi connectivity index (χ1) is 7.04. The number of rotatable bonds is 1. The van der Waals surface area contributed by atoms with Crippen LogP contribution in [0.3, 0.4) is 0 Å². The summed E-state index contributed by atoms with van der Waals surface area (Å²) in [4.78, 5) is 2.72. The average Bonchev–Trinajstić information content (AvgIpc) is 2.54. The van der Waals surface area contributed by atoms with Gasteiger partial charge in [0.15, 0.2) is 0 Å². The van der Waals surface area contributed by atoms with Gasteiger partial charge in [0.2, 0.25) is 0 Å². The molecule has 0 aromatic rings. The minimum atomic E-state index is 0.292. The van der Waals surface area contributed by atoms with Gasteiger partial charge in [0, 0.05) is 24.2 Å². The number of hydrogen-bond acceptors (Lipinski definition) is 2. The van der Waals surface area contributed by atoms with E-state index in [1.165, 1.54) is 19.3 Å². The SMILES string of the molecule is CCC1CC2CCOCC2N1C(C)(C)C. The molecule has 2 heteroatoms. The molecule has 2 fully saturated rings. The van der Waals surface area contributed by atoms with Gasteiger partial charge in [-0.15, -0.1) is 0 Å². The van der Waals surface area contributed by atoms with Gasteiger partial charge in [-0.3, -0.25) is 4.90 Å². The molecule has 0 bridgehead atoms. The molecule has 15 heavy (non-hydrogen) atoms. The van der Waals surface area contributed by atoms with Gasteiger partial charge in [0.1, 0.15) is 0 Å². The lowest BCUT2D eigenvalue weighted by atomic mass is 9.93. The fraction of sp³-hybridized carbons (Fsp3) is 1.00. The molecule has 3 unspecified atom stereocenters. The zero-order valence-corrected chi connectivity index (χ0v) is 10.6. The Morgan fingerprint density at radius 1 is 1.33 bits per heavy atom. The minimum absolute atomic E-state index is 0.292. The molecule has 0 aromatic heterocycles. The van der Waals surface area contributed by atoms with Crippen molar-refractivity contribution >= 4 is 0 Å². The molecule has 2 heterocycles. The molecule has 88 valence electrons. The lowest BCUT2D eigenvalue weighted by Crippen LogP contribution is -2.52. The quantitative estimate of drug-likeness (QED) is 0.661. The predicted molar refractivity (Wildman–Crippen MR) is 63.0 cm³/mol. The van der Waals surface area contributed by atoms with Gasteiger partial charge >= 0.3 is 0 Å². The van der Waals surface area contributed by atoms with Crippen LogP contribution in [-0.2, 0) is 4.74 Å². The summed E-state index contributed by atoms with van der Waals surface area (Å²) in [7, 11) is 0. The van der Waals surface area contributed by atoms with Crippen molar-refractivity contribution in [3.8, 4) is 0 Å². The monoisotopic (exact) mass is 211 g/mol. The van der Waals surface area contributed by atoms with Crippen LogP contribution in [0.5, 0.6) is 0 Å². The predicted octanol–water partition coefficient (Wildman–Crippen LogP) is 2.67. The van der Waals surface area contributed by atoms with Crippen LogP contribution in [0, 0.1) is 5.92 Å². The first-order valence-corrected chi connectivity index (χ1v) is 6.40. The third-order valence-electron chi connectivity index (χ3n) is 4.04. The van der Waals surface area contributed by atoms with E-state index < -0.39 is 0 Å². The molecule has 0 N–H and O–H groups in total. The summed E-state index contributed by atoms with van der Waals surface area (Å²) < 4.78 is 5.66. The molecule has 2 aliphatic rings. The third kappa shape index (κ3) is 2.07. The van der Waals surface area contributed by atoms with Crippen LogP contribution in [0.15, 0.2) is 0 Å². The molecule has 2 saturated heterocycles. The van der Waals surface area contributed by atoms with Crippen molar-refractivity contribution in [2.24, 2.45) is 5.92 Å². The largest absolute Gasteiger partial charge is 0.380 e. The molecule has 0 amide bonds. The highest BCUT2D eigenvalue weighted by molar-refractivity contribution is 4.99. The van der Waals surface area contributed by atoms with Crippen LogP contribution in [0.2, 0.25) is 0 Å². The lowest BCUT2D eigenvalue weighted by molar-refractivity contribution is -0.0232. The van der Waals surface area contributed by atoms with Crippen molar-refractivity contribution in [1.82, 2.24) is 4.90 Å². The number of hydrogen-bond donors (Lipinski definition) is 0. The van der Waals surface area contributed by atoms with Crippen LogP contribution in [0.1, 0.15) is 47.0 Å². The average molecular weight is 211 g/mol. The van der Waals surface area contributed by atoms with Crippen LogP contribution in [0.25, 0.3) is 0 Å². The maximum Gasteiger partial charge on any atom is 0.0624 e. The van der Waals surface area contributed by atoms with Crippen molar-refractivity contribution in [3.05, 3.63) is 0 Å². The highest BCUT2D eigenvalue weighted by Gasteiger charge is 2.45. The first-order valence-electron chi connectivity index (χ1n) is 6.40. The van der Waals surface area contributed by atoms with E-state index >= 15 is 0 Å². The summed E-state index contributed by atoms with van der Waals surface area (Å²) in [6.45, 7) is 11.3. The number of likely N-dealkylation sites (tertiary alicyclic amines) is 1. The highest BCUT2D eigenvalue weighted by Crippen LogP contribution is 2.40. The Kier molecular flexibility index (Phi) is 3.09. The van der Waals surface area contributed by atoms with Gasteiger partial charge in [-0.25, -0.2) is 0 Å². The van der Waals surface area contributed by atoms with Crippen molar-refractivity contribution in [2.75, 3.05) is 13.2 Å². The zero-order chi connectivity index (χ0) is 11.1. The summed E-state index contributed by atoms with van der Waals surface area (Å²) in [5.41, 5.74) is 0.292. The van der Waals surface area contributed by atoms with Crippen molar-refractivity contribution < 1.29 is 4.74 Å².